The summed E-state index contributed by atoms with van der Waals surface area (Å²) in [5.74, 6) is 0.00353. The number of rotatable bonds is 5. The average Bonchev–Trinajstić information content (AvgIpc) is 3.38. The zero-order valence-electron chi connectivity index (χ0n) is 17.4. The third kappa shape index (κ3) is 3.44. The molecule has 2 unspecified atom stereocenters. The molecule has 2 atom stereocenters. The highest BCUT2D eigenvalue weighted by molar-refractivity contribution is 5.96. The summed E-state index contributed by atoms with van der Waals surface area (Å²) in [5.41, 5.74) is 4.80. The van der Waals surface area contributed by atoms with Crippen LogP contribution in [-0.4, -0.2) is 39.5 Å². The topological polar surface area (TPSA) is 70.1 Å². The summed E-state index contributed by atoms with van der Waals surface area (Å²) in [6.45, 7) is 9.02. The molecule has 1 aromatic heterocycles. The van der Waals surface area contributed by atoms with E-state index in [2.05, 4.69) is 78.8 Å². The maximum Gasteiger partial charge on any atom is 0.253 e. The summed E-state index contributed by atoms with van der Waals surface area (Å²) in [4.78, 5) is 13.1. The van der Waals surface area contributed by atoms with Crippen LogP contribution >= 0.6 is 0 Å². The van der Waals surface area contributed by atoms with Crippen molar-refractivity contribution in [3.05, 3.63) is 65.6 Å². The molecule has 3 heterocycles. The number of allylic oxidation sites excluding steroid dienone is 1. The maximum atomic E-state index is 13.1. The number of nitrogens with zero attached hydrogens (tertiary/aromatic N) is 3. The first-order valence-corrected chi connectivity index (χ1v) is 10.0. The van der Waals surface area contributed by atoms with Gasteiger partial charge in [0, 0.05) is 17.8 Å². The van der Waals surface area contributed by atoms with Gasteiger partial charge >= 0.3 is 0 Å². The molecule has 6 heteroatoms. The van der Waals surface area contributed by atoms with Crippen LogP contribution in [0.3, 0.4) is 0 Å². The molecule has 4 rings (SSSR count). The van der Waals surface area contributed by atoms with Crippen LogP contribution in [0.2, 0.25) is 0 Å². The zero-order valence-corrected chi connectivity index (χ0v) is 17.4. The van der Waals surface area contributed by atoms with Crippen molar-refractivity contribution in [3.8, 4) is 11.1 Å². The monoisotopic (exact) mass is 390 g/mol. The minimum atomic E-state index is -0.424. The van der Waals surface area contributed by atoms with Gasteiger partial charge in [0.15, 0.2) is 0 Å². The Bertz CT molecular complexity index is 986. The first-order chi connectivity index (χ1) is 13.8. The van der Waals surface area contributed by atoms with Crippen LogP contribution in [0.1, 0.15) is 39.7 Å². The Morgan fingerprint density at radius 2 is 1.97 bits per heavy atom. The van der Waals surface area contributed by atoms with Gasteiger partial charge in [-0.3, -0.25) is 9.89 Å². The quantitative estimate of drug-likeness (QED) is 0.761. The van der Waals surface area contributed by atoms with Gasteiger partial charge in [0.2, 0.25) is 0 Å². The predicted octanol–water partition coefficient (Wildman–Crippen LogP) is 3.87. The minimum absolute atomic E-state index is 0.00353. The van der Waals surface area contributed by atoms with Crippen molar-refractivity contribution in [1.82, 2.24) is 15.5 Å². The molecule has 0 spiro atoms. The van der Waals surface area contributed by atoms with E-state index in [4.69, 9.17) is 0 Å². The van der Waals surface area contributed by atoms with Gasteiger partial charge in [-0.25, -0.2) is 0 Å². The van der Waals surface area contributed by atoms with Crippen molar-refractivity contribution in [2.24, 2.45) is 5.10 Å². The molecule has 2 aliphatic rings. The predicted molar refractivity (Wildman–Crippen MR) is 115 cm³/mol. The Labute approximate surface area is 171 Å². The standard InChI is InChI=1S/C23H27N5O/c1-16(2)28(11-5-10-26-28)15-21-17(3)12-23(4,27-22(21)29)20-8-6-18(7-9-20)19-13-24-25-14-19/h5-11,13-14,16H,12,15H2,1-4H3,(H-,24,25,27,29)/p+1. The lowest BCUT2D eigenvalue weighted by atomic mass is 9.80. The molecule has 0 bridgehead atoms. The highest BCUT2D eigenvalue weighted by atomic mass is 16.2. The zero-order chi connectivity index (χ0) is 20.6. The van der Waals surface area contributed by atoms with Crippen LogP contribution in [0.4, 0.5) is 0 Å². The number of nitrogens with one attached hydrogen (secondary N) is 2. The number of carbonyl (C=O) groups is 1. The first-order valence-electron chi connectivity index (χ1n) is 10.0. The van der Waals surface area contributed by atoms with Crippen LogP contribution in [0.5, 0.6) is 0 Å². The third-order valence-corrected chi connectivity index (χ3v) is 6.17. The molecule has 150 valence electrons. The second kappa shape index (κ2) is 7.12. The normalized spacial score (nSPS) is 26.4. The highest BCUT2D eigenvalue weighted by Crippen LogP contribution is 2.36. The third-order valence-electron chi connectivity index (χ3n) is 6.17. The maximum absolute atomic E-state index is 13.1. The van der Waals surface area contributed by atoms with E-state index in [0.717, 1.165) is 34.3 Å². The smallest absolute Gasteiger partial charge is 0.253 e. The molecule has 6 nitrogen and oxygen atoms in total. The van der Waals surface area contributed by atoms with E-state index < -0.39 is 5.54 Å². The highest BCUT2D eigenvalue weighted by Gasteiger charge is 2.41. The largest absolute Gasteiger partial charge is 0.343 e. The minimum Gasteiger partial charge on any atom is -0.343 e. The molecule has 2 aromatic rings. The summed E-state index contributed by atoms with van der Waals surface area (Å²) < 4.78 is 0.441. The van der Waals surface area contributed by atoms with Gasteiger partial charge in [0.1, 0.15) is 18.8 Å². The second-order valence-corrected chi connectivity index (χ2v) is 8.53. The van der Waals surface area contributed by atoms with E-state index >= 15 is 0 Å². The van der Waals surface area contributed by atoms with Gasteiger partial charge < -0.3 is 5.32 Å². The Hall–Kier alpha value is -2.99. The Morgan fingerprint density at radius 1 is 1.21 bits per heavy atom. The van der Waals surface area contributed by atoms with E-state index in [9.17, 15) is 4.79 Å². The molecule has 1 aromatic carbocycles. The molecule has 2 N–H and O–H groups in total. The van der Waals surface area contributed by atoms with E-state index in [-0.39, 0.29) is 11.9 Å². The molecule has 0 saturated carbocycles. The first kappa shape index (κ1) is 19.3. The molecule has 0 aliphatic carbocycles. The number of aromatic nitrogens is 2. The summed E-state index contributed by atoms with van der Waals surface area (Å²) in [7, 11) is 0. The fourth-order valence-corrected chi connectivity index (χ4v) is 4.24. The molecular formula is C23H28N5O+. The van der Waals surface area contributed by atoms with Crippen LogP contribution in [0.15, 0.2) is 65.2 Å². The average molecular weight is 391 g/mol. The lowest BCUT2D eigenvalue weighted by molar-refractivity contribution is -0.899. The Kier molecular flexibility index (Phi) is 4.74. The molecule has 1 amide bonds. The summed E-state index contributed by atoms with van der Waals surface area (Å²) >= 11 is 0. The van der Waals surface area contributed by atoms with Crippen LogP contribution in [-0.2, 0) is 10.3 Å². The number of aromatic amines is 1. The Balaban J connectivity index is 1.60. The number of amides is 1. The van der Waals surface area contributed by atoms with Gasteiger partial charge in [-0.1, -0.05) is 34.9 Å². The van der Waals surface area contributed by atoms with Crippen molar-refractivity contribution < 1.29 is 9.39 Å². The fourth-order valence-electron chi connectivity index (χ4n) is 4.24. The number of hydrogen-bond acceptors (Lipinski definition) is 3. The molecular weight excluding hydrogens is 362 g/mol. The van der Waals surface area contributed by atoms with E-state index in [1.54, 1.807) is 6.20 Å². The van der Waals surface area contributed by atoms with Crippen molar-refractivity contribution in [2.75, 3.05) is 6.54 Å². The number of H-pyrrole nitrogens is 1. The van der Waals surface area contributed by atoms with Crippen LogP contribution in [0.25, 0.3) is 11.1 Å². The SMILES string of the molecule is CC1=C(C[N+]2(C(C)C)C=CC=N2)C(=O)NC(C)(c2ccc(-c3cn[nH]c3)cc2)C1. The van der Waals surface area contributed by atoms with Gasteiger partial charge in [-0.05, 0) is 45.2 Å². The van der Waals surface area contributed by atoms with Crippen molar-refractivity contribution in [3.63, 3.8) is 0 Å². The van der Waals surface area contributed by atoms with Gasteiger partial charge in [0.05, 0.1) is 23.5 Å². The van der Waals surface area contributed by atoms with Gasteiger partial charge in [-0.2, -0.15) is 9.69 Å². The lowest BCUT2D eigenvalue weighted by Gasteiger charge is -2.39. The number of hydrogen-bond donors (Lipinski definition) is 2. The van der Waals surface area contributed by atoms with Crippen LogP contribution < -0.4 is 5.32 Å². The summed E-state index contributed by atoms with van der Waals surface area (Å²) in [6, 6.07) is 8.61. The summed E-state index contributed by atoms with van der Waals surface area (Å²) in [6.07, 6.45) is 10.3. The molecule has 0 fully saturated rings. The van der Waals surface area contributed by atoms with Crippen molar-refractivity contribution >= 4 is 12.1 Å². The molecule has 0 saturated heterocycles. The Morgan fingerprint density at radius 3 is 2.52 bits per heavy atom. The second-order valence-electron chi connectivity index (χ2n) is 8.53. The van der Waals surface area contributed by atoms with Crippen LogP contribution in [0, 0.1) is 0 Å². The summed E-state index contributed by atoms with van der Waals surface area (Å²) in [5, 5.41) is 14.8. The van der Waals surface area contributed by atoms with E-state index in [1.807, 2.05) is 18.5 Å². The van der Waals surface area contributed by atoms with Gasteiger partial charge in [-0.15, -0.1) is 0 Å². The fraction of sp³-hybridized carbons (Fsp3) is 0.348. The van der Waals surface area contributed by atoms with Crippen molar-refractivity contribution in [2.45, 2.75) is 45.7 Å². The molecule has 2 aliphatic heterocycles. The lowest BCUT2D eigenvalue weighted by Crippen LogP contribution is -2.52. The number of carbonyl (C=O) groups excluding carboxylic acids is 1. The number of quaternary nitrogens is 1. The molecule has 29 heavy (non-hydrogen) atoms. The van der Waals surface area contributed by atoms with Crippen molar-refractivity contribution in [1.29, 1.82) is 0 Å². The van der Waals surface area contributed by atoms with E-state index in [1.165, 1.54) is 0 Å². The van der Waals surface area contributed by atoms with Gasteiger partial charge in [0.25, 0.3) is 5.91 Å². The molecule has 0 radical (unpaired) electrons. The van der Waals surface area contributed by atoms with E-state index in [0.29, 0.717) is 11.1 Å². The number of benzene rings is 1.